The molecule has 2 aromatic carbocycles. The monoisotopic (exact) mass is 239 g/mol. The normalized spacial score (nSPS) is 12.3. The Labute approximate surface area is 110 Å². The quantitative estimate of drug-likeness (QED) is 0.829. The summed E-state index contributed by atoms with van der Waals surface area (Å²) in [5, 5.41) is 3.62. The minimum absolute atomic E-state index is 0.298. The first-order valence-electron chi connectivity index (χ1n) is 6.66. The Morgan fingerprint density at radius 3 is 2.11 bits per heavy atom. The van der Waals surface area contributed by atoms with Crippen molar-refractivity contribution in [3.8, 4) is 0 Å². The lowest BCUT2D eigenvalue weighted by Gasteiger charge is -2.19. The van der Waals surface area contributed by atoms with E-state index in [2.05, 4.69) is 73.8 Å². The molecule has 2 rings (SSSR count). The Morgan fingerprint density at radius 1 is 0.889 bits per heavy atom. The van der Waals surface area contributed by atoms with Gasteiger partial charge in [-0.3, -0.25) is 0 Å². The summed E-state index contributed by atoms with van der Waals surface area (Å²) < 4.78 is 0. The molecular formula is C17H21N. The van der Waals surface area contributed by atoms with E-state index in [0.717, 1.165) is 13.0 Å². The molecular weight excluding hydrogens is 218 g/mol. The third-order valence-corrected chi connectivity index (χ3v) is 3.14. The Morgan fingerprint density at radius 2 is 1.50 bits per heavy atom. The Kier molecular flexibility index (Phi) is 4.54. The van der Waals surface area contributed by atoms with Crippen LogP contribution < -0.4 is 5.32 Å². The largest absolute Gasteiger partial charge is 0.306 e. The highest BCUT2D eigenvalue weighted by Gasteiger charge is 2.12. The number of aryl methyl sites for hydroxylation is 1. The van der Waals surface area contributed by atoms with Crippen LogP contribution in [0.4, 0.5) is 0 Å². The molecule has 0 aliphatic carbocycles. The second-order valence-corrected chi connectivity index (χ2v) is 4.71. The minimum atomic E-state index is 0.298. The van der Waals surface area contributed by atoms with Crippen molar-refractivity contribution in [3.05, 3.63) is 71.3 Å². The molecule has 0 aromatic heterocycles. The molecule has 1 heteroatoms. The van der Waals surface area contributed by atoms with Gasteiger partial charge in [-0.25, -0.2) is 0 Å². The molecule has 0 saturated heterocycles. The lowest BCUT2D eigenvalue weighted by molar-refractivity contribution is 0.598. The van der Waals surface area contributed by atoms with Gasteiger partial charge in [-0.2, -0.15) is 0 Å². The number of hydrogen-bond donors (Lipinski definition) is 1. The molecule has 0 radical (unpaired) electrons. The van der Waals surface area contributed by atoms with Crippen LogP contribution in [0.3, 0.4) is 0 Å². The van der Waals surface area contributed by atoms with Crippen LogP contribution in [-0.4, -0.2) is 6.54 Å². The van der Waals surface area contributed by atoms with Crippen molar-refractivity contribution >= 4 is 0 Å². The van der Waals surface area contributed by atoms with Crippen molar-refractivity contribution in [2.45, 2.75) is 26.3 Å². The maximum absolute atomic E-state index is 3.62. The van der Waals surface area contributed by atoms with Crippen molar-refractivity contribution in [2.75, 3.05) is 6.54 Å². The molecule has 0 fully saturated rings. The molecule has 0 bridgehead atoms. The van der Waals surface area contributed by atoms with E-state index in [0.29, 0.717) is 6.04 Å². The smallest absolute Gasteiger partial charge is 0.0576 e. The highest BCUT2D eigenvalue weighted by molar-refractivity contribution is 5.33. The minimum Gasteiger partial charge on any atom is -0.306 e. The zero-order chi connectivity index (χ0) is 12.8. The molecule has 0 aliphatic heterocycles. The molecule has 0 amide bonds. The fourth-order valence-corrected chi connectivity index (χ4v) is 2.12. The van der Waals surface area contributed by atoms with Crippen LogP contribution in [0.25, 0.3) is 0 Å². The maximum atomic E-state index is 3.62. The van der Waals surface area contributed by atoms with E-state index in [1.54, 1.807) is 0 Å². The van der Waals surface area contributed by atoms with Gasteiger partial charge in [0.05, 0.1) is 6.04 Å². The first kappa shape index (κ1) is 12.8. The fourth-order valence-electron chi connectivity index (χ4n) is 2.12. The fraction of sp³-hybridized carbons (Fsp3) is 0.294. The standard InChI is InChI=1S/C17H21N/c1-3-13-18-17(15-7-5-4-6-8-15)16-11-9-14(2)10-12-16/h4-12,17-18H,3,13H2,1-2H3/t17-/m0/s1. The molecule has 1 atom stereocenters. The summed E-state index contributed by atoms with van der Waals surface area (Å²) in [5.74, 6) is 0. The Balaban J connectivity index is 2.27. The van der Waals surface area contributed by atoms with Gasteiger partial charge in [0, 0.05) is 0 Å². The first-order valence-corrected chi connectivity index (χ1v) is 6.66. The van der Waals surface area contributed by atoms with Crippen LogP contribution in [0.15, 0.2) is 54.6 Å². The van der Waals surface area contributed by atoms with Gasteiger partial charge in [-0.1, -0.05) is 67.1 Å². The third-order valence-electron chi connectivity index (χ3n) is 3.14. The average molecular weight is 239 g/mol. The van der Waals surface area contributed by atoms with Crippen molar-refractivity contribution in [2.24, 2.45) is 0 Å². The lowest BCUT2D eigenvalue weighted by Crippen LogP contribution is -2.23. The van der Waals surface area contributed by atoms with Crippen molar-refractivity contribution in [1.29, 1.82) is 0 Å². The number of hydrogen-bond acceptors (Lipinski definition) is 1. The van der Waals surface area contributed by atoms with Crippen LogP contribution in [0, 0.1) is 6.92 Å². The third kappa shape index (κ3) is 3.21. The van der Waals surface area contributed by atoms with Crippen LogP contribution in [-0.2, 0) is 0 Å². The molecule has 0 heterocycles. The first-order chi connectivity index (χ1) is 8.81. The maximum Gasteiger partial charge on any atom is 0.0576 e. The van der Waals surface area contributed by atoms with Crippen LogP contribution in [0.2, 0.25) is 0 Å². The molecule has 94 valence electrons. The average Bonchev–Trinajstić information content (AvgIpc) is 2.42. The second kappa shape index (κ2) is 6.36. The molecule has 2 aromatic rings. The van der Waals surface area contributed by atoms with E-state index in [1.165, 1.54) is 16.7 Å². The summed E-state index contributed by atoms with van der Waals surface area (Å²) in [7, 11) is 0. The SMILES string of the molecule is CCCN[C@@H](c1ccccc1)c1ccc(C)cc1. The van der Waals surface area contributed by atoms with E-state index in [-0.39, 0.29) is 0 Å². The van der Waals surface area contributed by atoms with Gasteiger partial charge in [-0.15, -0.1) is 0 Å². The number of benzene rings is 2. The molecule has 0 unspecified atom stereocenters. The summed E-state index contributed by atoms with van der Waals surface area (Å²) in [4.78, 5) is 0. The van der Waals surface area contributed by atoms with Gasteiger partial charge >= 0.3 is 0 Å². The van der Waals surface area contributed by atoms with E-state index in [4.69, 9.17) is 0 Å². The van der Waals surface area contributed by atoms with Gasteiger partial charge < -0.3 is 5.32 Å². The summed E-state index contributed by atoms with van der Waals surface area (Å²) in [6.07, 6.45) is 1.15. The van der Waals surface area contributed by atoms with Gasteiger partial charge in [0.2, 0.25) is 0 Å². The van der Waals surface area contributed by atoms with E-state index in [1.807, 2.05) is 0 Å². The highest BCUT2D eigenvalue weighted by atomic mass is 14.9. The lowest BCUT2D eigenvalue weighted by atomic mass is 9.98. The Hall–Kier alpha value is -1.60. The second-order valence-electron chi connectivity index (χ2n) is 4.71. The zero-order valence-electron chi connectivity index (χ0n) is 11.2. The van der Waals surface area contributed by atoms with Crippen LogP contribution in [0.5, 0.6) is 0 Å². The van der Waals surface area contributed by atoms with E-state index < -0.39 is 0 Å². The van der Waals surface area contributed by atoms with Gasteiger partial charge in [0.25, 0.3) is 0 Å². The van der Waals surface area contributed by atoms with Crippen molar-refractivity contribution in [1.82, 2.24) is 5.32 Å². The molecule has 0 aliphatic rings. The summed E-state index contributed by atoms with van der Waals surface area (Å²) >= 11 is 0. The molecule has 1 nitrogen and oxygen atoms in total. The van der Waals surface area contributed by atoms with Crippen molar-refractivity contribution in [3.63, 3.8) is 0 Å². The molecule has 0 spiro atoms. The number of nitrogens with one attached hydrogen (secondary N) is 1. The van der Waals surface area contributed by atoms with Gasteiger partial charge in [0.15, 0.2) is 0 Å². The summed E-state index contributed by atoms with van der Waals surface area (Å²) in [6, 6.07) is 19.7. The van der Waals surface area contributed by atoms with Crippen LogP contribution >= 0.6 is 0 Å². The van der Waals surface area contributed by atoms with Gasteiger partial charge in [-0.05, 0) is 31.0 Å². The molecule has 18 heavy (non-hydrogen) atoms. The van der Waals surface area contributed by atoms with E-state index >= 15 is 0 Å². The Bertz CT molecular complexity index is 459. The topological polar surface area (TPSA) is 12.0 Å². The molecule has 1 N–H and O–H groups in total. The van der Waals surface area contributed by atoms with Gasteiger partial charge in [0.1, 0.15) is 0 Å². The predicted molar refractivity (Wildman–Crippen MR) is 77.8 cm³/mol. The predicted octanol–water partition coefficient (Wildman–Crippen LogP) is 4.08. The zero-order valence-corrected chi connectivity index (χ0v) is 11.2. The van der Waals surface area contributed by atoms with Crippen molar-refractivity contribution < 1.29 is 0 Å². The van der Waals surface area contributed by atoms with E-state index in [9.17, 15) is 0 Å². The summed E-state index contributed by atoms with van der Waals surface area (Å²) in [5.41, 5.74) is 3.97. The molecule has 0 saturated carbocycles. The number of rotatable bonds is 5. The highest BCUT2D eigenvalue weighted by Crippen LogP contribution is 2.22. The summed E-state index contributed by atoms with van der Waals surface area (Å²) in [6.45, 7) is 5.36. The van der Waals surface area contributed by atoms with Crippen LogP contribution in [0.1, 0.15) is 36.1 Å².